The fraction of sp³-hybridized carbons (Fsp3) is 0.450. The molecule has 3 rings (SSSR count). The molecule has 0 atom stereocenters. The average Bonchev–Trinajstić information content (AvgIpc) is 2.75. The van der Waals surface area contributed by atoms with Crippen molar-refractivity contribution in [3.8, 4) is 11.5 Å². The standard InChI is InChI=1S/C20H26N4O4/c1-26-10-4-7-21-19(25)16-5-8-22-20(23-16)24-9-6-14-11-17(27-2)18(28-3)12-15(14)13-24/h5,8,11-12H,4,6-7,9-10,13H2,1-3H3,(H,21,25). The second-order valence-corrected chi connectivity index (χ2v) is 6.49. The third-order valence-electron chi connectivity index (χ3n) is 4.69. The van der Waals surface area contributed by atoms with Crippen molar-refractivity contribution in [1.82, 2.24) is 15.3 Å². The Bertz CT molecular complexity index is 828. The Kier molecular flexibility index (Phi) is 6.65. The minimum atomic E-state index is -0.205. The highest BCUT2D eigenvalue weighted by atomic mass is 16.5. The van der Waals surface area contributed by atoms with Crippen LogP contribution in [0.2, 0.25) is 0 Å². The number of fused-ring (bicyclic) bond motifs is 1. The Morgan fingerprint density at radius 3 is 2.64 bits per heavy atom. The summed E-state index contributed by atoms with van der Waals surface area (Å²) in [6.45, 7) is 2.57. The SMILES string of the molecule is COCCCNC(=O)c1ccnc(N2CCc3cc(OC)c(OC)cc3C2)n1. The molecule has 0 radical (unpaired) electrons. The van der Waals surface area contributed by atoms with Gasteiger partial charge >= 0.3 is 0 Å². The normalized spacial score (nSPS) is 13.0. The maximum absolute atomic E-state index is 12.3. The molecule has 150 valence electrons. The molecule has 1 N–H and O–H groups in total. The number of benzene rings is 1. The first-order valence-corrected chi connectivity index (χ1v) is 9.25. The van der Waals surface area contributed by atoms with Crippen LogP contribution < -0.4 is 19.7 Å². The molecule has 0 saturated heterocycles. The van der Waals surface area contributed by atoms with Gasteiger partial charge in [0.25, 0.3) is 5.91 Å². The summed E-state index contributed by atoms with van der Waals surface area (Å²) in [6.07, 6.45) is 3.22. The van der Waals surface area contributed by atoms with Gasteiger partial charge in [0.05, 0.1) is 14.2 Å². The number of carbonyl (C=O) groups is 1. The predicted molar refractivity (Wildman–Crippen MR) is 105 cm³/mol. The van der Waals surface area contributed by atoms with E-state index >= 15 is 0 Å². The molecule has 0 fully saturated rings. The van der Waals surface area contributed by atoms with Crippen molar-refractivity contribution in [1.29, 1.82) is 0 Å². The fourth-order valence-corrected chi connectivity index (χ4v) is 3.19. The number of methoxy groups -OCH3 is 3. The van der Waals surface area contributed by atoms with Crippen LogP contribution in [-0.2, 0) is 17.7 Å². The van der Waals surface area contributed by atoms with Gasteiger partial charge in [-0.15, -0.1) is 0 Å². The number of nitrogens with one attached hydrogen (secondary N) is 1. The number of amides is 1. The Balaban J connectivity index is 1.72. The number of hydrogen-bond donors (Lipinski definition) is 1. The highest BCUT2D eigenvalue weighted by Crippen LogP contribution is 2.33. The Morgan fingerprint density at radius 2 is 1.93 bits per heavy atom. The highest BCUT2D eigenvalue weighted by Gasteiger charge is 2.22. The average molecular weight is 386 g/mol. The van der Waals surface area contributed by atoms with Crippen LogP contribution in [0.4, 0.5) is 5.95 Å². The lowest BCUT2D eigenvalue weighted by Gasteiger charge is -2.29. The summed E-state index contributed by atoms with van der Waals surface area (Å²) in [5.41, 5.74) is 2.73. The first kappa shape index (κ1) is 19.9. The van der Waals surface area contributed by atoms with Crippen LogP contribution in [0.3, 0.4) is 0 Å². The van der Waals surface area contributed by atoms with Crippen molar-refractivity contribution >= 4 is 11.9 Å². The van der Waals surface area contributed by atoms with E-state index in [1.54, 1.807) is 33.6 Å². The zero-order valence-corrected chi connectivity index (χ0v) is 16.5. The van der Waals surface area contributed by atoms with E-state index < -0.39 is 0 Å². The van der Waals surface area contributed by atoms with Gasteiger partial charge in [-0.3, -0.25) is 4.79 Å². The molecule has 0 spiro atoms. The van der Waals surface area contributed by atoms with Crippen molar-refractivity contribution in [3.63, 3.8) is 0 Å². The topological polar surface area (TPSA) is 85.8 Å². The molecule has 2 aromatic rings. The Labute approximate surface area is 164 Å². The molecule has 0 bridgehead atoms. The smallest absolute Gasteiger partial charge is 0.270 e. The van der Waals surface area contributed by atoms with Crippen molar-refractivity contribution < 1.29 is 19.0 Å². The van der Waals surface area contributed by atoms with Crippen LogP contribution in [0.1, 0.15) is 28.0 Å². The van der Waals surface area contributed by atoms with Crippen LogP contribution in [0.15, 0.2) is 24.4 Å². The molecule has 1 aromatic heterocycles. The molecule has 28 heavy (non-hydrogen) atoms. The second kappa shape index (κ2) is 9.36. The molecule has 1 aromatic carbocycles. The Hall–Kier alpha value is -2.87. The van der Waals surface area contributed by atoms with Crippen LogP contribution >= 0.6 is 0 Å². The first-order chi connectivity index (χ1) is 13.7. The van der Waals surface area contributed by atoms with Gasteiger partial charge in [0.1, 0.15) is 5.69 Å². The Morgan fingerprint density at radius 1 is 1.18 bits per heavy atom. The van der Waals surface area contributed by atoms with Crippen LogP contribution in [-0.4, -0.2) is 56.9 Å². The van der Waals surface area contributed by atoms with E-state index in [4.69, 9.17) is 14.2 Å². The predicted octanol–water partition coefficient (Wildman–Crippen LogP) is 1.82. The molecule has 8 heteroatoms. The number of carbonyl (C=O) groups excluding carboxylic acids is 1. The van der Waals surface area contributed by atoms with E-state index in [1.807, 2.05) is 12.1 Å². The number of rotatable bonds is 8. The van der Waals surface area contributed by atoms with Gasteiger partial charge in [0.15, 0.2) is 11.5 Å². The van der Waals surface area contributed by atoms with E-state index in [1.165, 1.54) is 5.56 Å². The second-order valence-electron chi connectivity index (χ2n) is 6.49. The zero-order valence-electron chi connectivity index (χ0n) is 16.5. The lowest BCUT2D eigenvalue weighted by Crippen LogP contribution is -2.33. The maximum atomic E-state index is 12.3. The maximum Gasteiger partial charge on any atom is 0.270 e. The van der Waals surface area contributed by atoms with Crippen LogP contribution in [0.5, 0.6) is 11.5 Å². The molecule has 1 aliphatic rings. The van der Waals surface area contributed by atoms with E-state index in [0.29, 0.717) is 37.1 Å². The van der Waals surface area contributed by atoms with Crippen molar-refractivity contribution in [2.45, 2.75) is 19.4 Å². The number of ether oxygens (including phenoxy) is 3. The number of anilines is 1. The number of nitrogens with zero attached hydrogens (tertiary/aromatic N) is 3. The quantitative estimate of drug-likeness (QED) is 0.693. The van der Waals surface area contributed by atoms with E-state index in [-0.39, 0.29) is 5.91 Å². The third-order valence-corrected chi connectivity index (χ3v) is 4.69. The van der Waals surface area contributed by atoms with Crippen LogP contribution in [0.25, 0.3) is 0 Å². The monoisotopic (exact) mass is 386 g/mol. The zero-order chi connectivity index (χ0) is 19.9. The van der Waals surface area contributed by atoms with E-state index in [2.05, 4.69) is 20.2 Å². The van der Waals surface area contributed by atoms with Gasteiger partial charge in [0, 0.05) is 39.5 Å². The molecule has 8 nitrogen and oxygen atoms in total. The molecule has 0 unspecified atom stereocenters. The minimum absolute atomic E-state index is 0.205. The van der Waals surface area contributed by atoms with Gasteiger partial charge in [-0.1, -0.05) is 0 Å². The molecule has 0 aliphatic carbocycles. The summed E-state index contributed by atoms with van der Waals surface area (Å²) in [6, 6.07) is 5.64. The first-order valence-electron chi connectivity index (χ1n) is 9.25. The van der Waals surface area contributed by atoms with Crippen molar-refractivity contribution in [2.24, 2.45) is 0 Å². The molecule has 1 amide bonds. The molecule has 0 saturated carbocycles. The molecule has 1 aliphatic heterocycles. The van der Waals surface area contributed by atoms with Gasteiger partial charge in [-0.25, -0.2) is 9.97 Å². The van der Waals surface area contributed by atoms with Gasteiger partial charge in [-0.05, 0) is 42.2 Å². The van der Waals surface area contributed by atoms with E-state index in [9.17, 15) is 4.79 Å². The van der Waals surface area contributed by atoms with Crippen molar-refractivity contribution in [3.05, 3.63) is 41.2 Å². The highest BCUT2D eigenvalue weighted by molar-refractivity contribution is 5.92. The van der Waals surface area contributed by atoms with Gasteiger partial charge in [-0.2, -0.15) is 0 Å². The minimum Gasteiger partial charge on any atom is -0.493 e. The summed E-state index contributed by atoms with van der Waals surface area (Å²) in [7, 11) is 4.91. The number of aromatic nitrogens is 2. The lowest BCUT2D eigenvalue weighted by atomic mass is 9.99. The summed E-state index contributed by atoms with van der Waals surface area (Å²) in [4.78, 5) is 23.2. The lowest BCUT2D eigenvalue weighted by molar-refractivity contribution is 0.0943. The number of hydrogen-bond acceptors (Lipinski definition) is 7. The molecular formula is C20H26N4O4. The fourth-order valence-electron chi connectivity index (χ4n) is 3.19. The van der Waals surface area contributed by atoms with Gasteiger partial charge < -0.3 is 24.4 Å². The van der Waals surface area contributed by atoms with Crippen molar-refractivity contribution in [2.75, 3.05) is 45.9 Å². The van der Waals surface area contributed by atoms with Crippen LogP contribution in [0, 0.1) is 0 Å². The summed E-state index contributed by atoms with van der Waals surface area (Å²) in [5.74, 6) is 1.78. The summed E-state index contributed by atoms with van der Waals surface area (Å²) in [5, 5.41) is 2.85. The largest absolute Gasteiger partial charge is 0.493 e. The molecular weight excluding hydrogens is 360 g/mol. The summed E-state index contributed by atoms with van der Waals surface area (Å²) < 4.78 is 15.8. The summed E-state index contributed by atoms with van der Waals surface area (Å²) >= 11 is 0. The van der Waals surface area contributed by atoms with E-state index in [0.717, 1.165) is 30.7 Å². The molecule has 2 heterocycles. The van der Waals surface area contributed by atoms with Gasteiger partial charge in [0.2, 0.25) is 5.95 Å². The third kappa shape index (κ3) is 4.51.